The Bertz CT molecular complexity index is 413. The number of halogens is 1. The van der Waals surface area contributed by atoms with Crippen LogP contribution in [0.1, 0.15) is 18.4 Å². The summed E-state index contributed by atoms with van der Waals surface area (Å²) in [5.41, 5.74) is 0.629. The number of rotatable bonds is 4. The normalized spacial score (nSPS) is 19.8. The van der Waals surface area contributed by atoms with Crippen LogP contribution in [-0.2, 0) is 6.61 Å². The fraction of sp³-hybridized carbons (Fsp3) is 0.667. The number of anilines is 1. The van der Waals surface area contributed by atoms with E-state index in [1.165, 1.54) is 6.33 Å². The van der Waals surface area contributed by atoms with Gasteiger partial charge in [-0.05, 0) is 26.9 Å². The van der Waals surface area contributed by atoms with Gasteiger partial charge >= 0.3 is 0 Å². The van der Waals surface area contributed by atoms with Gasteiger partial charge in [-0.15, -0.1) is 0 Å². The Morgan fingerprint density at radius 2 is 2.28 bits per heavy atom. The largest absolute Gasteiger partial charge is 0.391 e. The van der Waals surface area contributed by atoms with Crippen LogP contribution in [0.4, 0.5) is 5.82 Å². The van der Waals surface area contributed by atoms with E-state index < -0.39 is 0 Å². The molecule has 1 saturated heterocycles. The molecule has 0 radical (unpaired) electrons. The summed E-state index contributed by atoms with van der Waals surface area (Å²) in [6.45, 7) is 1.81. The Labute approximate surface area is 112 Å². The van der Waals surface area contributed by atoms with Crippen LogP contribution < -0.4 is 4.90 Å². The molecule has 18 heavy (non-hydrogen) atoms. The predicted molar refractivity (Wildman–Crippen MR) is 71.9 cm³/mol. The van der Waals surface area contributed by atoms with Gasteiger partial charge in [0.1, 0.15) is 17.3 Å². The Morgan fingerprint density at radius 1 is 1.50 bits per heavy atom. The van der Waals surface area contributed by atoms with Crippen molar-refractivity contribution >= 4 is 17.4 Å². The number of aliphatic hydroxyl groups excluding tert-OH is 1. The molecule has 0 spiro atoms. The third-order valence-corrected chi connectivity index (χ3v) is 3.58. The summed E-state index contributed by atoms with van der Waals surface area (Å²) < 4.78 is 0. The monoisotopic (exact) mass is 270 g/mol. The number of likely N-dealkylation sites (N-methyl/N-ethyl adjacent to an activating group) is 1. The Kier molecular flexibility index (Phi) is 4.37. The van der Waals surface area contributed by atoms with Crippen LogP contribution >= 0.6 is 11.6 Å². The summed E-state index contributed by atoms with van der Waals surface area (Å²) in [5.74, 6) is 0.779. The summed E-state index contributed by atoms with van der Waals surface area (Å²) in [6.07, 6.45) is 3.75. The number of aliphatic hydroxyl groups is 1. The topological polar surface area (TPSA) is 52.5 Å². The molecule has 0 aliphatic carbocycles. The maximum atomic E-state index is 9.43. The number of hydrogen-bond acceptors (Lipinski definition) is 5. The van der Waals surface area contributed by atoms with Crippen molar-refractivity contribution in [3.63, 3.8) is 0 Å². The second-order valence-electron chi connectivity index (χ2n) is 4.88. The molecule has 1 atom stereocenters. The average molecular weight is 271 g/mol. The van der Waals surface area contributed by atoms with Gasteiger partial charge in [0.05, 0.1) is 12.2 Å². The fourth-order valence-corrected chi connectivity index (χ4v) is 2.68. The van der Waals surface area contributed by atoms with Gasteiger partial charge in [0.2, 0.25) is 0 Å². The molecule has 100 valence electrons. The van der Waals surface area contributed by atoms with E-state index in [0.717, 1.165) is 31.7 Å². The van der Waals surface area contributed by atoms with Gasteiger partial charge in [-0.2, -0.15) is 0 Å². The predicted octanol–water partition coefficient (Wildman–Crippen LogP) is 1.15. The molecule has 0 bridgehead atoms. The maximum Gasteiger partial charge on any atom is 0.140 e. The molecule has 2 rings (SSSR count). The lowest BCUT2D eigenvalue weighted by molar-refractivity contribution is 0.280. The standard InChI is InChI=1S/C12H19ClN4O/c1-16(2)6-9-4-3-5-17(9)12-10(7-18)11(13)14-8-15-12/h8-9,18H,3-7H2,1-2H3. The van der Waals surface area contributed by atoms with E-state index >= 15 is 0 Å². The lowest BCUT2D eigenvalue weighted by atomic mass is 10.2. The van der Waals surface area contributed by atoms with Crippen LogP contribution in [-0.4, -0.2) is 53.2 Å². The first kappa shape index (κ1) is 13.5. The van der Waals surface area contributed by atoms with E-state index in [1.54, 1.807) is 0 Å². The molecule has 1 aliphatic rings. The average Bonchev–Trinajstić information content (AvgIpc) is 2.75. The Balaban J connectivity index is 2.27. The van der Waals surface area contributed by atoms with Crippen LogP contribution in [0.25, 0.3) is 0 Å². The van der Waals surface area contributed by atoms with Crippen LogP contribution in [0.3, 0.4) is 0 Å². The highest BCUT2D eigenvalue weighted by Gasteiger charge is 2.28. The lowest BCUT2D eigenvalue weighted by Gasteiger charge is -2.29. The SMILES string of the molecule is CN(C)CC1CCCN1c1ncnc(Cl)c1CO. The van der Waals surface area contributed by atoms with Crippen LogP contribution in [0.2, 0.25) is 5.15 Å². The molecule has 1 aliphatic heterocycles. The van der Waals surface area contributed by atoms with Crippen LogP contribution in [0.15, 0.2) is 6.33 Å². The highest BCUT2D eigenvalue weighted by Crippen LogP contribution is 2.29. The fourth-order valence-electron chi connectivity index (χ4n) is 2.49. The third kappa shape index (κ3) is 2.74. The van der Waals surface area contributed by atoms with Crippen LogP contribution in [0, 0.1) is 0 Å². The van der Waals surface area contributed by atoms with Gasteiger partial charge < -0.3 is 14.9 Å². The number of hydrogen-bond donors (Lipinski definition) is 1. The molecule has 5 nitrogen and oxygen atoms in total. The first-order valence-corrected chi connectivity index (χ1v) is 6.53. The van der Waals surface area contributed by atoms with Gasteiger partial charge in [-0.25, -0.2) is 9.97 Å². The van der Waals surface area contributed by atoms with E-state index in [-0.39, 0.29) is 6.61 Å². The van der Waals surface area contributed by atoms with Gasteiger partial charge in [0, 0.05) is 19.1 Å². The lowest BCUT2D eigenvalue weighted by Crippen LogP contribution is -2.38. The highest BCUT2D eigenvalue weighted by atomic mass is 35.5. The Hall–Kier alpha value is -0.910. The molecule has 6 heteroatoms. The molecule has 1 N–H and O–H groups in total. The number of aromatic nitrogens is 2. The summed E-state index contributed by atoms with van der Waals surface area (Å²) in [4.78, 5) is 12.6. The van der Waals surface area contributed by atoms with Crippen molar-refractivity contribution in [3.8, 4) is 0 Å². The molecule has 1 unspecified atom stereocenters. The van der Waals surface area contributed by atoms with E-state index in [9.17, 15) is 5.11 Å². The van der Waals surface area contributed by atoms with Gasteiger partial charge in [0.15, 0.2) is 0 Å². The molecular formula is C12H19ClN4O. The van der Waals surface area contributed by atoms with Crippen molar-refractivity contribution in [1.82, 2.24) is 14.9 Å². The second kappa shape index (κ2) is 5.82. The first-order chi connectivity index (χ1) is 8.63. The molecule has 0 aromatic carbocycles. The molecular weight excluding hydrogens is 252 g/mol. The molecule has 1 aromatic heterocycles. The number of nitrogens with zero attached hydrogens (tertiary/aromatic N) is 4. The van der Waals surface area contributed by atoms with Crippen molar-refractivity contribution in [1.29, 1.82) is 0 Å². The third-order valence-electron chi connectivity index (χ3n) is 3.25. The van der Waals surface area contributed by atoms with Gasteiger partial charge in [0.25, 0.3) is 0 Å². The van der Waals surface area contributed by atoms with Crippen LogP contribution in [0.5, 0.6) is 0 Å². The smallest absolute Gasteiger partial charge is 0.140 e. The summed E-state index contributed by atoms with van der Waals surface area (Å²) in [7, 11) is 4.13. The Morgan fingerprint density at radius 3 is 2.94 bits per heavy atom. The zero-order chi connectivity index (χ0) is 13.1. The highest BCUT2D eigenvalue weighted by molar-refractivity contribution is 6.30. The van der Waals surface area contributed by atoms with Crippen molar-refractivity contribution in [3.05, 3.63) is 17.0 Å². The second-order valence-corrected chi connectivity index (χ2v) is 5.23. The minimum absolute atomic E-state index is 0.125. The van der Waals surface area contributed by atoms with E-state index in [4.69, 9.17) is 11.6 Å². The molecule has 0 saturated carbocycles. The van der Waals surface area contributed by atoms with E-state index in [0.29, 0.717) is 16.8 Å². The summed E-state index contributed by atoms with van der Waals surface area (Å²) >= 11 is 6.01. The van der Waals surface area contributed by atoms with Crippen molar-refractivity contribution < 1.29 is 5.11 Å². The summed E-state index contributed by atoms with van der Waals surface area (Å²) in [6, 6.07) is 0.427. The molecule has 0 amide bonds. The van der Waals surface area contributed by atoms with Crippen molar-refractivity contribution in [2.45, 2.75) is 25.5 Å². The zero-order valence-electron chi connectivity index (χ0n) is 10.8. The molecule has 1 fully saturated rings. The maximum absolute atomic E-state index is 9.43. The molecule has 1 aromatic rings. The van der Waals surface area contributed by atoms with Crippen molar-refractivity contribution in [2.24, 2.45) is 0 Å². The summed E-state index contributed by atoms with van der Waals surface area (Å²) in [5, 5.41) is 9.77. The minimum atomic E-state index is -0.125. The molecule has 2 heterocycles. The van der Waals surface area contributed by atoms with E-state index in [1.807, 2.05) is 0 Å². The minimum Gasteiger partial charge on any atom is -0.391 e. The zero-order valence-corrected chi connectivity index (χ0v) is 11.6. The van der Waals surface area contributed by atoms with Gasteiger partial charge in [-0.3, -0.25) is 0 Å². The quantitative estimate of drug-likeness (QED) is 0.832. The van der Waals surface area contributed by atoms with Gasteiger partial charge in [-0.1, -0.05) is 11.6 Å². The van der Waals surface area contributed by atoms with E-state index in [2.05, 4.69) is 33.9 Å². The first-order valence-electron chi connectivity index (χ1n) is 6.15. The van der Waals surface area contributed by atoms with Crippen molar-refractivity contribution in [2.75, 3.05) is 32.1 Å².